The molecular formula is C52H58F2N8O9. The summed E-state index contributed by atoms with van der Waals surface area (Å²) in [5.74, 6) is -4.68. The van der Waals surface area contributed by atoms with Crippen LogP contribution in [-0.4, -0.2) is 112 Å². The molecule has 3 aliphatic heterocycles. The molecule has 71 heavy (non-hydrogen) atoms. The molecule has 5 aromatic rings. The fourth-order valence-corrected chi connectivity index (χ4v) is 11.5. The molecule has 4 amide bonds. The minimum absolute atomic E-state index is 0.0863. The van der Waals surface area contributed by atoms with Crippen LogP contribution in [0.15, 0.2) is 65.6 Å². The van der Waals surface area contributed by atoms with Crippen LogP contribution < -0.4 is 16.2 Å². The average molecular weight is 977 g/mol. The minimum Gasteiger partial charge on any atom is -0.453 e. The van der Waals surface area contributed by atoms with Crippen molar-refractivity contribution in [3.63, 3.8) is 0 Å². The summed E-state index contributed by atoms with van der Waals surface area (Å²) in [4.78, 5) is 86.1. The Balaban J connectivity index is 0.928. The van der Waals surface area contributed by atoms with E-state index in [9.17, 15) is 24.0 Å². The number of hydrogen-bond donors (Lipinski definition) is 4. The summed E-state index contributed by atoms with van der Waals surface area (Å²) in [6.07, 6.45) is 4.67. The highest BCUT2D eigenvalue weighted by molar-refractivity contribution is 5.89. The summed E-state index contributed by atoms with van der Waals surface area (Å²) < 4.78 is 55.3. The first-order chi connectivity index (χ1) is 34.0. The minimum atomic E-state index is -3.39. The quantitative estimate of drug-likeness (QED) is 0.107. The third-order valence-corrected chi connectivity index (χ3v) is 15.1. The number of methoxy groups -OCH3 is 2. The summed E-state index contributed by atoms with van der Waals surface area (Å²) in [7, 11) is 2.48. The molecule has 19 heteroatoms. The Bertz CT molecular complexity index is 2990. The largest absolute Gasteiger partial charge is 0.453 e. The topological polar surface area (TPSA) is 210 Å². The fraction of sp³-hybridized carbons (Fsp3) is 0.481. The molecule has 4 N–H and O–H groups in total. The number of alkyl halides is 2. The number of ether oxygens (including phenoxy) is 4. The van der Waals surface area contributed by atoms with Gasteiger partial charge in [-0.15, -0.1) is 0 Å². The third-order valence-electron chi connectivity index (χ3n) is 15.1. The molecule has 3 saturated heterocycles. The summed E-state index contributed by atoms with van der Waals surface area (Å²) in [6, 6.07) is 11.8. The van der Waals surface area contributed by atoms with Gasteiger partial charge in [-0.05, 0) is 83.5 Å². The van der Waals surface area contributed by atoms with Crippen LogP contribution >= 0.6 is 0 Å². The predicted molar refractivity (Wildman–Crippen MR) is 256 cm³/mol. The van der Waals surface area contributed by atoms with Gasteiger partial charge in [0.15, 0.2) is 5.79 Å². The summed E-state index contributed by atoms with van der Waals surface area (Å²) >= 11 is 0. The zero-order valence-electron chi connectivity index (χ0n) is 40.5. The number of aromatic amines is 2. The number of H-pyrrole nitrogens is 2. The lowest BCUT2D eigenvalue weighted by Crippen LogP contribution is -2.54. The molecule has 5 heterocycles. The number of hydrogen-bond acceptors (Lipinski definition) is 11. The van der Waals surface area contributed by atoms with Crippen LogP contribution in [0.1, 0.15) is 101 Å². The van der Waals surface area contributed by atoms with Crippen LogP contribution in [0.3, 0.4) is 0 Å². The van der Waals surface area contributed by atoms with Crippen molar-refractivity contribution >= 4 is 34.9 Å². The molecule has 1 saturated carbocycles. The molecule has 0 bridgehead atoms. The van der Waals surface area contributed by atoms with E-state index in [-0.39, 0.29) is 65.3 Å². The maximum Gasteiger partial charge on any atom is 0.407 e. The molecule has 17 nitrogen and oxygen atoms in total. The normalized spacial score (nSPS) is 22.6. The highest BCUT2D eigenvalue weighted by Gasteiger charge is 2.53. The molecule has 374 valence electrons. The van der Waals surface area contributed by atoms with E-state index in [1.807, 2.05) is 32.6 Å². The van der Waals surface area contributed by atoms with Gasteiger partial charge in [0.05, 0.1) is 68.9 Å². The van der Waals surface area contributed by atoms with Crippen molar-refractivity contribution < 1.29 is 46.9 Å². The SMILES string of the molecule is COC(=O)N[C@H](C(=O)N1CC2(C[C@H]1c1ncc(-c3ccc4c(c3)C(F)(F)c3cc(-c5ccc6c(=O)[nH]c([C@@H]7C[C@@H]8CCCC[C@@H]8N7C(=O)[C@@H](NC(=O)OC)C(C)C)nc6c5)ccc3-4)[nH]1)OCCO2)C(C)C. The van der Waals surface area contributed by atoms with Crippen LogP contribution in [-0.2, 0) is 34.5 Å². The number of carbonyl (C=O) groups is 4. The van der Waals surface area contributed by atoms with Gasteiger partial charge in [0.2, 0.25) is 11.8 Å². The zero-order valence-corrected chi connectivity index (χ0v) is 40.5. The smallest absolute Gasteiger partial charge is 0.407 e. The molecule has 2 aliphatic carbocycles. The van der Waals surface area contributed by atoms with E-state index < -0.39 is 48.1 Å². The first-order valence-corrected chi connectivity index (χ1v) is 24.4. The van der Waals surface area contributed by atoms with Crippen molar-refractivity contribution in [1.29, 1.82) is 0 Å². The number of rotatable bonds is 10. The third kappa shape index (κ3) is 8.49. The van der Waals surface area contributed by atoms with E-state index in [2.05, 4.69) is 25.6 Å². The van der Waals surface area contributed by atoms with E-state index in [1.54, 1.807) is 53.6 Å². The Morgan fingerprint density at radius 1 is 0.775 bits per heavy atom. The Kier molecular flexibility index (Phi) is 12.5. The number of nitrogens with one attached hydrogen (secondary N) is 4. The van der Waals surface area contributed by atoms with Crippen LogP contribution in [0, 0.1) is 17.8 Å². The van der Waals surface area contributed by atoms with Gasteiger partial charge in [-0.3, -0.25) is 14.4 Å². The van der Waals surface area contributed by atoms with Gasteiger partial charge in [0, 0.05) is 29.2 Å². The molecule has 0 radical (unpaired) electrons. The van der Waals surface area contributed by atoms with Gasteiger partial charge in [0.25, 0.3) is 11.5 Å². The Morgan fingerprint density at radius 2 is 1.38 bits per heavy atom. The van der Waals surface area contributed by atoms with Crippen LogP contribution in [0.5, 0.6) is 0 Å². The Morgan fingerprint density at radius 3 is 2.04 bits per heavy atom. The summed E-state index contributed by atoms with van der Waals surface area (Å²) in [6.45, 7) is 8.14. The number of nitrogens with zero attached hydrogens (tertiary/aromatic N) is 4. The Labute approximate surface area is 408 Å². The van der Waals surface area contributed by atoms with Gasteiger partial charge >= 0.3 is 12.2 Å². The van der Waals surface area contributed by atoms with Crippen molar-refractivity contribution in [2.24, 2.45) is 17.8 Å². The van der Waals surface area contributed by atoms with Crippen molar-refractivity contribution in [2.45, 2.75) is 108 Å². The van der Waals surface area contributed by atoms with E-state index in [0.29, 0.717) is 75.7 Å². The average Bonchev–Trinajstić information content (AvgIpc) is 4.22. The number of fused-ring (bicyclic) bond motifs is 5. The number of aromatic nitrogens is 4. The van der Waals surface area contributed by atoms with Crippen molar-refractivity contribution in [2.75, 3.05) is 34.0 Å². The zero-order chi connectivity index (χ0) is 50.1. The molecule has 3 aromatic carbocycles. The molecule has 10 rings (SSSR count). The Hall–Kier alpha value is -6.73. The summed E-state index contributed by atoms with van der Waals surface area (Å²) in [5.41, 5.74) is 2.41. The number of carbonyl (C=O) groups excluding carboxylic acids is 4. The lowest BCUT2D eigenvalue weighted by atomic mass is 9.84. The number of alkyl carbamates (subject to hydrolysis) is 2. The predicted octanol–water partition coefficient (Wildman–Crippen LogP) is 7.71. The van der Waals surface area contributed by atoms with Crippen LogP contribution in [0.4, 0.5) is 18.4 Å². The second-order valence-electron chi connectivity index (χ2n) is 20.1. The first kappa shape index (κ1) is 47.9. The van der Waals surface area contributed by atoms with Crippen LogP contribution in [0.2, 0.25) is 0 Å². The molecule has 4 fully saturated rings. The lowest BCUT2D eigenvalue weighted by molar-refractivity contribution is -0.153. The van der Waals surface area contributed by atoms with Gasteiger partial charge < -0.3 is 49.3 Å². The maximum atomic E-state index is 16.8. The van der Waals surface area contributed by atoms with Crippen molar-refractivity contribution in [1.82, 2.24) is 40.4 Å². The van der Waals surface area contributed by atoms with E-state index in [1.165, 1.54) is 26.4 Å². The molecule has 1 spiro atoms. The number of likely N-dealkylation sites (tertiary alicyclic amines) is 2. The van der Waals surface area contributed by atoms with Gasteiger partial charge in [0.1, 0.15) is 23.7 Å². The van der Waals surface area contributed by atoms with Crippen LogP contribution in [0.25, 0.3) is 44.4 Å². The fourth-order valence-electron chi connectivity index (χ4n) is 11.5. The second-order valence-corrected chi connectivity index (χ2v) is 20.1. The molecule has 0 unspecified atom stereocenters. The second kappa shape index (κ2) is 18.5. The number of halogens is 2. The molecule has 2 aromatic heterocycles. The number of amides is 4. The summed E-state index contributed by atoms with van der Waals surface area (Å²) in [5, 5.41) is 5.68. The van der Waals surface area contributed by atoms with Gasteiger partial charge in [-0.2, -0.15) is 8.78 Å². The highest BCUT2D eigenvalue weighted by atomic mass is 19.3. The maximum absolute atomic E-state index is 16.8. The molecular weight excluding hydrogens is 919 g/mol. The lowest BCUT2D eigenvalue weighted by Gasteiger charge is -2.37. The first-order valence-electron chi connectivity index (χ1n) is 24.4. The standard InChI is InChI=1S/C52H58F2N8O9/c1-26(2)42(58-49(66)68-5)47(64)61-25-51(70-17-18-71-51)23-41(61)44-55-24-38(57-44)30-13-15-33-32-14-11-28(19-35(32)52(53,54)36(33)20-30)29-12-16-34-37(21-29)56-45(60-46(34)63)40-22-31-9-7-8-10-39(31)62(40)48(65)43(27(3)4)59-50(67)69-6/h11-16,19-21,24,26-27,31,39-43H,7-10,17-18,22-23,25H2,1-6H3,(H,55,57)(H,58,66)(H,59,67)(H,56,60,63)/t31-,39-,40-,41-,42-,43-/m0/s1. The monoisotopic (exact) mass is 976 g/mol. The molecule has 6 atom stereocenters. The number of imidazole rings is 1. The van der Waals surface area contributed by atoms with Crippen molar-refractivity contribution in [3.8, 4) is 33.5 Å². The van der Waals surface area contributed by atoms with Gasteiger partial charge in [-0.25, -0.2) is 19.6 Å². The number of benzene rings is 3. The van der Waals surface area contributed by atoms with E-state index in [0.717, 1.165) is 25.7 Å². The highest BCUT2D eigenvalue weighted by Crippen LogP contribution is 2.53. The van der Waals surface area contributed by atoms with Gasteiger partial charge in [-0.1, -0.05) is 70.9 Å². The van der Waals surface area contributed by atoms with E-state index in [4.69, 9.17) is 23.9 Å². The van der Waals surface area contributed by atoms with E-state index >= 15 is 8.78 Å². The van der Waals surface area contributed by atoms with Crippen molar-refractivity contribution in [3.05, 3.63) is 93.9 Å². The molecule has 5 aliphatic rings.